The molecular weight excluding hydrogens is 795 g/mol. The number of nitrogens with zero attached hydrogens (tertiary/aromatic N) is 3. The van der Waals surface area contributed by atoms with Crippen molar-refractivity contribution >= 4 is 21.4 Å². The molecule has 0 aliphatic heterocycles. The van der Waals surface area contributed by atoms with E-state index in [0.29, 0.717) is 17.5 Å². The van der Waals surface area contributed by atoms with Crippen LogP contribution in [-0.2, 0) is 0 Å². The molecule has 0 N–H and O–H groups in total. The Labute approximate surface area is 377 Å². The second kappa shape index (κ2) is 17.0. The Morgan fingerprint density at radius 1 is 0.297 bits per heavy atom. The molecule has 0 bridgehead atoms. The Morgan fingerprint density at radius 3 is 1.36 bits per heavy atom. The molecule has 0 fully saturated rings. The van der Waals surface area contributed by atoms with Crippen LogP contribution < -0.4 is 0 Å². The third-order valence-corrected chi connectivity index (χ3v) is 13.0. The highest BCUT2D eigenvalue weighted by Crippen LogP contribution is 2.51. The van der Waals surface area contributed by atoms with E-state index in [1.54, 1.807) is 11.3 Å². The molecule has 0 unspecified atom stereocenters. The molecule has 0 spiro atoms. The molecule has 0 saturated carbocycles. The molecule has 0 amide bonds. The highest BCUT2D eigenvalue weighted by atomic mass is 32.1. The first-order valence-electron chi connectivity index (χ1n) is 21.6. The molecule has 9 aromatic carbocycles. The van der Waals surface area contributed by atoms with Gasteiger partial charge in [-0.15, -0.1) is 11.3 Å². The number of aryl methyl sites for hydroxylation is 1. The van der Waals surface area contributed by atoms with Gasteiger partial charge in [-0.2, -0.15) is 0 Å². The Morgan fingerprint density at radius 2 is 0.766 bits per heavy atom. The Balaban J connectivity index is 1.15. The number of rotatable bonds is 9. The van der Waals surface area contributed by atoms with Crippen molar-refractivity contribution in [1.82, 2.24) is 15.0 Å². The van der Waals surface area contributed by atoms with Crippen molar-refractivity contribution in [2.24, 2.45) is 0 Å². The fourth-order valence-corrected chi connectivity index (χ4v) is 9.92. The van der Waals surface area contributed by atoms with Gasteiger partial charge in [0.05, 0.1) is 4.88 Å². The van der Waals surface area contributed by atoms with Crippen LogP contribution in [0.4, 0.5) is 0 Å². The zero-order chi connectivity index (χ0) is 42.8. The maximum absolute atomic E-state index is 5.28. The third-order valence-electron chi connectivity index (χ3n) is 11.9. The zero-order valence-electron chi connectivity index (χ0n) is 35.2. The summed E-state index contributed by atoms with van der Waals surface area (Å²) in [5, 5.41) is 1.17. The molecule has 302 valence electrons. The van der Waals surface area contributed by atoms with Crippen molar-refractivity contribution in [2.45, 2.75) is 6.92 Å². The highest BCUT2D eigenvalue weighted by molar-refractivity contribution is 7.22. The largest absolute Gasteiger partial charge is 0.208 e. The monoisotopic (exact) mass is 835 g/mol. The number of hydrogen-bond donors (Lipinski definition) is 0. The van der Waals surface area contributed by atoms with Gasteiger partial charge in [0.2, 0.25) is 0 Å². The Hall–Kier alpha value is -8.05. The third kappa shape index (κ3) is 7.40. The normalized spacial score (nSPS) is 11.2. The smallest absolute Gasteiger partial charge is 0.174 e. The molecule has 4 heteroatoms. The molecule has 64 heavy (non-hydrogen) atoms. The number of fused-ring (bicyclic) bond motifs is 1. The summed E-state index contributed by atoms with van der Waals surface area (Å²) in [4.78, 5) is 16.7. The van der Waals surface area contributed by atoms with Gasteiger partial charge in [0.15, 0.2) is 17.5 Å². The van der Waals surface area contributed by atoms with Crippen LogP contribution in [0.1, 0.15) is 5.56 Å². The molecular formula is C60H41N3S. The van der Waals surface area contributed by atoms with Crippen molar-refractivity contribution in [3.8, 4) is 100 Å². The first-order chi connectivity index (χ1) is 31.7. The van der Waals surface area contributed by atoms with Crippen LogP contribution in [0.25, 0.3) is 110 Å². The molecule has 0 saturated heterocycles. The summed E-state index contributed by atoms with van der Waals surface area (Å²) in [6, 6.07) is 81.9. The quantitative estimate of drug-likeness (QED) is 0.145. The van der Waals surface area contributed by atoms with Crippen molar-refractivity contribution < 1.29 is 0 Å². The molecule has 0 aliphatic carbocycles. The lowest BCUT2D eigenvalue weighted by atomic mass is 9.78. The predicted octanol–water partition coefficient (Wildman–Crippen LogP) is 16.4. The van der Waals surface area contributed by atoms with Gasteiger partial charge in [0, 0.05) is 15.8 Å². The lowest BCUT2D eigenvalue weighted by Crippen LogP contribution is -2.01. The van der Waals surface area contributed by atoms with Crippen LogP contribution in [0, 0.1) is 6.92 Å². The lowest BCUT2D eigenvalue weighted by Gasteiger charge is -2.25. The van der Waals surface area contributed by atoms with Gasteiger partial charge in [0.25, 0.3) is 0 Å². The second-order valence-electron chi connectivity index (χ2n) is 16.0. The molecule has 11 aromatic rings. The fourth-order valence-electron chi connectivity index (χ4n) is 8.92. The van der Waals surface area contributed by atoms with E-state index in [1.807, 2.05) is 6.07 Å². The fraction of sp³-hybridized carbons (Fsp3) is 0.0167. The number of benzene rings is 9. The summed E-state index contributed by atoms with van der Waals surface area (Å²) >= 11 is 1.71. The molecule has 3 nitrogen and oxygen atoms in total. The van der Waals surface area contributed by atoms with E-state index in [2.05, 4.69) is 231 Å². The minimum atomic E-state index is 0.632. The van der Waals surface area contributed by atoms with Crippen LogP contribution in [-0.4, -0.2) is 15.0 Å². The van der Waals surface area contributed by atoms with E-state index in [1.165, 1.54) is 37.9 Å². The predicted molar refractivity (Wildman–Crippen MR) is 269 cm³/mol. The molecule has 0 aliphatic rings. The van der Waals surface area contributed by atoms with Gasteiger partial charge in [-0.05, 0) is 109 Å². The average Bonchev–Trinajstić information content (AvgIpc) is 3.82. The number of thiophene rings is 1. The summed E-state index contributed by atoms with van der Waals surface area (Å²) in [7, 11) is 0. The summed E-state index contributed by atoms with van der Waals surface area (Å²) in [5.41, 5.74) is 16.9. The van der Waals surface area contributed by atoms with Gasteiger partial charge in [-0.1, -0.05) is 206 Å². The van der Waals surface area contributed by atoms with Crippen LogP contribution >= 0.6 is 11.3 Å². The first-order valence-corrected chi connectivity index (χ1v) is 22.4. The van der Waals surface area contributed by atoms with Gasteiger partial charge in [-0.25, -0.2) is 15.0 Å². The van der Waals surface area contributed by atoms with E-state index in [0.717, 1.165) is 60.5 Å². The molecule has 2 aromatic heterocycles. The Bertz CT molecular complexity index is 3390. The lowest BCUT2D eigenvalue weighted by molar-refractivity contribution is 1.08. The average molecular weight is 836 g/mol. The van der Waals surface area contributed by atoms with E-state index in [4.69, 9.17) is 15.0 Å². The summed E-state index contributed by atoms with van der Waals surface area (Å²) in [5.74, 6) is 1.93. The zero-order valence-corrected chi connectivity index (χ0v) is 36.0. The summed E-state index contributed by atoms with van der Waals surface area (Å²) < 4.78 is 1.20. The van der Waals surface area contributed by atoms with E-state index in [-0.39, 0.29) is 0 Å². The maximum Gasteiger partial charge on any atom is 0.174 e. The molecule has 11 rings (SSSR count). The van der Waals surface area contributed by atoms with Crippen LogP contribution in [0.3, 0.4) is 0 Å². The van der Waals surface area contributed by atoms with Crippen molar-refractivity contribution in [3.05, 3.63) is 236 Å². The standard InChI is InChI=1S/C60H41N3S/c1-40-37-47(58-61-59(50-33-19-18-32-49(50)41-21-7-2-8-22-41)63-60(62-58)54-38-46-31-17-20-34-53(46)64-54)35-36-48(40)52-39-51(42-23-9-3-10-24-42)55(43-25-11-4-12-26-43)57(45-29-15-6-16-30-45)56(52)44-27-13-5-14-28-44/h2-39H,1H3. The minimum Gasteiger partial charge on any atom is -0.208 e. The topological polar surface area (TPSA) is 38.7 Å². The Kier molecular flexibility index (Phi) is 10.3. The van der Waals surface area contributed by atoms with Crippen LogP contribution in [0.2, 0.25) is 0 Å². The number of hydrogen-bond acceptors (Lipinski definition) is 4. The summed E-state index contributed by atoms with van der Waals surface area (Å²) in [6.07, 6.45) is 0. The SMILES string of the molecule is Cc1cc(-c2nc(-c3cc4ccccc4s3)nc(-c3ccccc3-c3ccccc3)n2)ccc1-c1cc(-c2ccccc2)c(-c2ccccc2)c(-c2ccccc2)c1-c1ccccc1. The van der Waals surface area contributed by atoms with Crippen molar-refractivity contribution in [1.29, 1.82) is 0 Å². The molecule has 0 atom stereocenters. The highest BCUT2D eigenvalue weighted by Gasteiger charge is 2.25. The van der Waals surface area contributed by atoms with Gasteiger partial charge in [0.1, 0.15) is 0 Å². The first kappa shape index (κ1) is 38.8. The van der Waals surface area contributed by atoms with Crippen LogP contribution in [0.5, 0.6) is 0 Å². The maximum atomic E-state index is 5.28. The molecule has 2 heterocycles. The van der Waals surface area contributed by atoms with Gasteiger partial charge < -0.3 is 0 Å². The van der Waals surface area contributed by atoms with Crippen LogP contribution in [0.15, 0.2) is 231 Å². The second-order valence-corrected chi connectivity index (χ2v) is 17.0. The molecule has 0 radical (unpaired) electrons. The van der Waals surface area contributed by atoms with Gasteiger partial charge in [-0.3, -0.25) is 0 Å². The van der Waals surface area contributed by atoms with Crippen molar-refractivity contribution in [2.75, 3.05) is 0 Å². The van der Waals surface area contributed by atoms with Gasteiger partial charge >= 0.3 is 0 Å². The minimum absolute atomic E-state index is 0.632. The van der Waals surface area contributed by atoms with E-state index < -0.39 is 0 Å². The van der Waals surface area contributed by atoms with E-state index >= 15 is 0 Å². The summed E-state index contributed by atoms with van der Waals surface area (Å²) in [6.45, 7) is 2.21. The van der Waals surface area contributed by atoms with Crippen molar-refractivity contribution in [3.63, 3.8) is 0 Å². The number of aromatic nitrogens is 3. The van der Waals surface area contributed by atoms with E-state index in [9.17, 15) is 0 Å².